The topological polar surface area (TPSA) is 71.1 Å². The van der Waals surface area contributed by atoms with Crippen molar-refractivity contribution in [3.63, 3.8) is 0 Å². The van der Waals surface area contributed by atoms with Gasteiger partial charge in [-0.15, -0.1) is 0 Å². The van der Waals surface area contributed by atoms with E-state index in [0.717, 1.165) is 0 Å². The van der Waals surface area contributed by atoms with Gasteiger partial charge in [0.25, 0.3) is 0 Å². The first-order valence-electron chi connectivity index (χ1n) is 4.60. The molecule has 88 valence electrons. The molecule has 1 aliphatic rings. The fraction of sp³-hybridized carbons (Fsp3) is 0.875. The maximum Gasteiger partial charge on any atom is 0.339 e. The number of ether oxygens (including phenoxy) is 2. The Kier molecular flexibility index (Phi) is 5.16. The summed E-state index contributed by atoms with van der Waals surface area (Å²) in [7, 11) is 0. The van der Waals surface area contributed by atoms with Crippen molar-refractivity contribution in [1.29, 1.82) is 0 Å². The monoisotopic (exact) mass is 238 g/mol. The fourth-order valence-corrected chi connectivity index (χ4v) is 1.51. The smallest absolute Gasteiger partial charge is 0.339 e. The van der Waals surface area contributed by atoms with Crippen LogP contribution in [0.1, 0.15) is 13.8 Å². The Hall–Kier alpha value is -0.500. The third-order valence-electron chi connectivity index (χ3n) is 1.55. The van der Waals surface area contributed by atoms with Crippen molar-refractivity contribution in [2.45, 2.75) is 26.1 Å². The van der Waals surface area contributed by atoms with Crippen molar-refractivity contribution < 1.29 is 26.8 Å². The van der Waals surface area contributed by atoms with Gasteiger partial charge in [0.1, 0.15) is 13.2 Å². The minimum absolute atomic E-state index is 0.0313. The molecule has 0 radical (unpaired) electrons. The molecule has 1 aliphatic heterocycles. The maximum absolute atomic E-state index is 11.2. The van der Waals surface area contributed by atoms with Gasteiger partial charge in [0.2, 0.25) is 0 Å². The zero-order valence-electron chi connectivity index (χ0n) is 8.63. The van der Waals surface area contributed by atoms with Gasteiger partial charge in [0.05, 0.1) is 12.7 Å². The minimum Gasteiger partial charge on any atom is -0.461 e. The van der Waals surface area contributed by atoms with Crippen LogP contribution in [-0.2, 0) is 34.0 Å². The predicted octanol–water partition coefficient (Wildman–Crippen LogP) is -0.0513. The largest absolute Gasteiger partial charge is 0.461 e. The lowest BCUT2D eigenvalue weighted by atomic mass is 10.4. The second kappa shape index (κ2) is 6.16. The Balaban J connectivity index is 2.11. The number of esters is 1. The van der Waals surface area contributed by atoms with Crippen LogP contribution < -0.4 is 0 Å². The highest BCUT2D eigenvalue weighted by molar-refractivity contribution is 7.75. The summed E-state index contributed by atoms with van der Waals surface area (Å²) in [6.07, 6.45) is -0.785. The Morgan fingerprint density at radius 1 is 1.53 bits per heavy atom. The Morgan fingerprint density at radius 3 is 2.80 bits per heavy atom. The van der Waals surface area contributed by atoms with Gasteiger partial charge >= 0.3 is 17.3 Å². The predicted molar refractivity (Wildman–Crippen MR) is 51.0 cm³/mol. The highest BCUT2D eigenvalue weighted by atomic mass is 32.2. The van der Waals surface area contributed by atoms with Crippen LogP contribution in [0.4, 0.5) is 0 Å². The van der Waals surface area contributed by atoms with Gasteiger partial charge in [0.15, 0.2) is 6.10 Å². The van der Waals surface area contributed by atoms with Crippen LogP contribution in [0, 0.1) is 0 Å². The van der Waals surface area contributed by atoms with Gasteiger partial charge in [-0.2, -0.15) is 4.21 Å². The van der Waals surface area contributed by atoms with Gasteiger partial charge in [-0.1, -0.05) is 0 Å². The van der Waals surface area contributed by atoms with Crippen LogP contribution in [0.25, 0.3) is 0 Å². The van der Waals surface area contributed by atoms with Gasteiger partial charge in [-0.05, 0) is 13.8 Å². The maximum atomic E-state index is 11.2. The molecule has 0 aromatic heterocycles. The van der Waals surface area contributed by atoms with Crippen molar-refractivity contribution in [2.75, 3.05) is 19.8 Å². The highest BCUT2D eigenvalue weighted by Crippen LogP contribution is 2.09. The molecule has 15 heavy (non-hydrogen) atoms. The zero-order chi connectivity index (χ0) is 11.3. The molecule has 1 heterocycles. The Labute approximate surface area is 90.7 Å². The van der Waals surface area contributed by atoms with Gasteiger partial charge in [-0.3, -0.25) is 8.37 Å². The summed E-state index contributed by atoms with van der Waals surface area (Å²) in [5, 5.41) is 0. The molecule has 0 aliphatic carbocycles. The normalized spacial score (nSPS) is 25.8. The van der Waals surface area contributed by atoms with Crippen molar-refractivity contribution in [3.05, 3.63) is 0 Å². The summed E-state index contributed by atoms with van der Waals surface area (Å²) in [6.45, 7) is 4.23. The first-order chi connectivity index (χ1) is 7.09. The van der Waals surface area contributed by atoms with E-state index < -0.39 is 23.4 Å². The molecule has 6 nitrogen and oxygen atoms in total. The van der Waals surface area contributed by atoms with Crippen LogP contribution in [0.15, 0.2) is 0 Å². The molecule has 0 N–H and O–H groups in total. The van der Waals surface area contributed by atoms with Crippen molar-refractivity contribution >= 4 is 17.3 Å². The average molecular weight is 238 g/mol. The Bertz CT molecular complexity index is 241. The lowest BCUT2D eigenvalue weighted by molar-refractivity contribution is -0.153. The highest BCUT2D eigenvalue weighted by Gasteiger charge is 2.31. The van der Waals surface area contributed by atoms with E-state index in [0.29, 0.717) is 6.61 Å². The van der Waals surface area contributed by atoms with E-state index in [-0.39, 0.29) is 19.3 Å². The van der Waals surface area contributed by atoms with Crippen LogP contribution >= 0.6 is 0 Å². The molecule has 1 rings (SSSR count). The summed E-state index contributed by atoms with van der Waals surface area (Å²) < 4.78 is 29.8. The summed E-state index contributed by atoms with van der Waals surface area (Å²) in [6, 6.07) is 0. The first-order valence-corrected chi connectivity index (χ1v) is 5.60. The molecule has 0 spiro atoms. The molecular weight excluding hydrogens is 224 g/mol. The van der Waals surface area contributed by atoms with E-state index in [1.807, 2.05) is 13.8 Å². The quantitative estimate of drug-likeness (QED) is 0.494. The number of hydrogen-bond acceptors (Lipinski definition) is 6. The zero-order valence-corrected chi connectivity index (χ0v) is 9.45. The van der Waals surface area contributed by atoms with Crippen LogP contribution in [0.3, 0.4) is 0 Å². The minimum atomic E-state index is -1.82. The summed E-state index contributed by atoms with van der Waals surface area (Å²) in [4.78, 5) is 11.2. The lowest BCUT2D eigenvalue weighted by Crippen LogP contribution is -2.26. The molecule has 2 unspecified atom stereocenters. The fourth-order valence-electron chi connectivity index (χ4n) is 0.894. The standard InChI is InChI=1S/C8H14O6S/c1-6(2)11-3-4-12-8(9)7-5-13-15(10)14-7/h6-7H,3-5H2,1-2H3. The molecule has 0 amide bonds. The first kappa shape index (κ1) is 12.6. The number of carbonyl (C=O) groups is 1. The number of rotatable bonds is 5. The molecule has 1 saturated heterocycles. The summed E-state index contributed by atoms with van der Waals surface area (Å²) in [5.74, 6) is -0.576. The van der Waals surface area contributed by atoms with E-state index in [1.54, 1.807) is 0 Å². The van der Waals surface area contributed by atoms with Gasteiger partial charge in [-0.25, -0.2) is 4.79 Å². The molecule has 0 saturated carbocycles. The second-order valence-corrected chi connectivity index (χ2v) is 4.00. The Morgan fingerprint density at radius 2 is 2.27 bits per heavy atom. The summed E-state index contributed by atoms with van der Waals surface area (Å²) in [5.41, 5.74) is 0. The van der Waals surface area contributed by atoms with E-state index in [1.165, 1.54) is 0 Å². The van der Waals surface area contributed by atoms with Gasteiger partial charge < -0.3 is 9.47 Å². The lowest BCUT2D eigenvalue weighted by Gasteiger charge is -2.09. The van der Waals surface area contributed by atoms with Crippen molar-refractivity contribution in [3.8, 4) is 0 Å². The SMILES string of the molecule is CC(C)OCCOC(=O)C1COS(=O)O1. The molecule has 1 fully saturated rings. The van der Waals surface area contributed by atoms with Crippen LogP contribution in [0.2, 0.25) is 0 Å². The van der Waals surface area contributed by atoms with E-state index in [4.69, 9.17) is 9.47 Å². The van der Waals surface area contributed by atoms with E-state index in [9.17, 15) is 9.00 Å². The van der Waals surface area contributed by atoms with E-state index >= 15 is 0 Å². The van der Waals surface area contributed by atoms with Gasteiger partial charge in [0, 0.05) is 0 Å². The number of carbonyl (C=O) groups excluding carboxylic acids is 1. The third kappa shape index (κ3) is 4.70. The molecule has 0 aromatic carbocycles. The molecule has 0 bridgehead atoms. The second-order valence-electron chi connectivity index (χ2n) is 3.16. The summed E-state index contributed by atoms with van der Waals surface area (Å²) >= 11 is -1.82. The average Bonchev–Trinajstić information content (AvgIpc) is 2.59. The third-order valence-corrected chi connectivity index (χ3v) is 2.27. The molecule has 2 atom stereocenters. The van der Waals surface area contributed by atoms with Crippen molar-refractivity contribution in [2.24, 2.45) is 0 Å². The van der Waals surface area contributed by atoms with E-state index in [2.05, 4.69) is 8.37 Å². The molecule has 7 heteroatoms. The van der Waals surface area contributed by atoms with Crippen LogP contribution in [0.5, 0.6) is 0 Å². The molecule has 0 aromatic rings. The molecular formula is C8H14O6S. The number of hydrogen-bond donors (Lipinski definition) is 0. The van der Waals surface area contributed by atoms with Crippen molar-refractivity contribution in [1.82, 2.24) is 0 Å². The van der Waals surface area contributed by atoms with Crippen LogP contribution in [-0.4, -0.2) is 42.2 Å².